The van der Waals surface area contributed by atoms with Gasteiger partial charge in [0.05, 0.1) is 6.10 Å². The molecule has 2 amide bonds. The Labute approximate surface area is 123 Å². The molecule has 114 valence electrons. The van der Waals surface area contributed by atoms with Gasteiger partial charge in [-0.2, -0.15) is 11.8 Å². The molecule has 6 nitrogen and oxygen atoms in total. The first kappa shape index (κ1) is 15.4. The van der Waals surface area contributed by atoms with Crippen molar-refractivity contribution in [3.05, 3.63) is 0 Å². The van der Waals surface area contributed by atoms with Gasteiger partial charge in [0.15, 0.2) is 0 Å². The molecule has 2 rings (SSSR count). The Morgan fingerprint density at radius 3 is 2.60 bits per heavy atom. The topological polar surface area (TPSA) is 70.1 Å². The Hall–Kier alpha value is -0.950. The Morgan fingerprint density at radius 2 is 2.05 bits per heavy atom. The summed E-state index contributed by atoms with van der Waals surface area (Å²) in [5.41, 5.74) is 0. The number of thioether (sulfide) groups is 1. The van der Waals surface area contributed by atoms with Crippen LogP contribution in [0.5, 0.6) is 0 Å². The van der Waals surface area contributed by atoms with Crippen LogP contribution in [0.4, 0.5) is 4.79 Å². The monoisotopic (exact) mass is 302 g/mol. The van der Waals surface area contributed by atoms with E-state index in [4.69, 9.17) is 9.84 Å². The van der Waals surface area contributed by atoms with E-state index in [-0.39, 0.29) is 18.7 Å². The quantitative estimate of drug-likeness (QED) is 0.842. The highest BCUT2D eigenvalue weighted by atomic mass is 32.2. The second-order valence-corrected chi connectivity index (χ2v) is 6.45. The minimum absolute atomic E-state index is 0.0394. The second kappa shape index (κ2) is 7.17. The maximum absolute atomic E-state index is 12.4. The zero-order valence-corrected chi connectivity index (χ0v) is 12.6. The number of urea groups is 1. The number of hydrogen-bond donors (Lipinski definition) is 1. The van der Waals surface area contributed by atoms with Crippen LogP contribution in [0.3, 0.4) is 0 Å². The Morgan fingerprint density at radius 1 is 1.35 bits per heavy atom. The van der Waals surface area contributed by atoms with Crippen LogP contribution in [0.25, 0.3) is 0 Å². The Bertz CT molecular complexity index is 352. The number of ether oxygens (including phenoxy) is 1. The van der Waals surface area contributed by atoms with E-state index in [9.17, 15) is 9.59 Å². The molecule has 20 heavy (non-hydrogen) atoms. The molecule has 7 heteroatoms. The van der Waals surface area contributed by atoms with Crippen molar-refractivity contribution in [2.75, 3.05) is 38.2 Å². The van der Waals surface area contributed by atoms with Gasteiger partial charge in [0, 0.05) is 31.9 Å². The first-order valence-corrected chi connectivity index (χ1v) is 8.16. The lowest BCUT2D eigenvalue weighted by Crippen LogP contribution is -2.49. The largest absolute Gasteiger partial charge is 0.480 e. The molecule has 2 fully saturated rings. The van der Waals surface area contributed by atoms with Crippen LogP contribution in [0.15, 0.2) is 0 Å². The number of likely N-dealkylation sites (tertiary alicyclic amines) is 1. The molecule has 0 aliphatic carbocycles. The lowest BCUT2D eigenvalue weighted by molar-refractivity contribution is -0.145. The van der Waals surface area contributed by atoms with E-state index in [1.165, 1.54) is 0 Å². The number of carboxylic acid groups (broad SMARTS) is 1. The summed E-state index contributed by atoms with van der Waals surface area (Å²) in [6.07, 6.45) is 2.46. The fraction of sp³-hybridized carbons (Fsp3) is 0.846. The molecule has 1 atom stereocenters. The first-order valence-electron chi connectivity index (χ1n) is 7.01. The smallest absolute Gasteiger partial charge is 0.329 e. The molecular formula is C13H22N2O4S. The SMILES string of the molecule is CN(C(=O)N1CCC(OCC(=O)O)CC1)C1CCSC1. The van der Waals surface area contributed by atoms with Crippen molar-refractivity contribution in [1.82, 2.24) is 9.80 Å². The number of carbonyl (C=O) groups excluding carboxylic acids is 1. The zero-order chi connectivity index (χ0) is 14.5. The fourth-order valence-electron chi connectivity index (χ4n) is 2.61. The summed E-state index contributed by atoms with van der Waals surface area (Å²) in [6.45, 7) is 1.04. The third kappa shape index (κ3) is 4.02. The molecule has 2 saturated heterocycles. The number of amides is 2. The molecule has 1 N–H and O–H groups in total. The summed E-state index contributed by atoms with van der Waals surface area (Å²) in [7, 11) is 1.88. The van der Waals surface area contributed by atoms with E-state index < -0.39 is 5.97 Å². The number of piperidine rings is 1. The lowest BCUT2D eigenvalue weighted by Gasteiger charge is -2.36. The van der Waals surface area contributed by atoms with Crippen molar-refractivity contribution in [3.8, 4) is 0 Å². The predicted molar refractivity (Wildman–Crippen MR) is 77.1 cm³/mol. The van der Waals surface area contributed by atoms with Crippen molar-refractivity contribution < 1.29 is 19.4 Å². The minimum atomic E-state index is -0.943. The molecule has 0 spiro atoms. The minimum Gasteiger partial charge on any atom is -0.480 e. The van der Waals surface area contributed by atoms with Gasteiger partial charge in [-0.15, -0.1) is 0 Å². The van der Waals surface area contributed by atoms with Gasteiger partial charge in [-0.1, -0.05) is 0 Å². The van der Waals surface area contributed by atoms with Gasteiger partial charge in [0.2, 0.25) is 0 Å². The van der Waals surface area contributed by atoms with Gasteiger partial charge in [-0.05, 0) is 25.0 Å². The van der Waals surface area contributed by atoms with Crippen molar-refractivity contribution in [3.63, 3.8) is 0 Å². The van der Waals surface area contributed by atoms with Gasteiger partial charge in [0.1, 0.15) is 6.61 Å². The summed E-state index contributed by atoms with van der Waals surface area (Å²) < 4.78 is 5.28. The number of carbonyl (C=O) groups is 2. The van der Waals surface area contributed by atoms with Gasteiger partial charge in [-0.3, -0.25) is 0 Å². The highest BCUT2D eigenvalue weighted by Crippen LogP contribution is 2.23. The first-order chi connectivity index (χ1) is 9.58. The fourth-order valence-corrected chi connectivity index (χ4v) is 3.88. The molecule has 0 aromatic heterocycles. The maximum atomic E-state index is 12.4. The molecule has 0 aromatic rings. The molecular weight excluding hydrogens is 280 g/mol. The number of rotatable bonds is 4. The highest BCUT2D eigenvalue weighted by Gasteiger charge is 2.30. The summed E-state index contributed by atoms with van der Waals surface area (Å²) in [5, 5.41) is 8.58. The third-order valence-corrected chi connectivity index (χ3v) is 5.05. The molecule has 1 unspecified atom stereocenters. The van der Waals surface area contributed by atoms with E-state index in [0.29, 0.717) is 32.0 Å². The van der Waals surface area contributed by atoms with Crippen LogP contribution in [0.1, 0.15) is 19.3 Å². The van der Waals surface area contributed by atoms with Crippen LogP contribution in [-0.2, 0) is 9.53 Å². The summed E-state index contributed by atoms with van der Waals surface area (Å²) in [5.74, 6) is 1.22. The number of carboxylic acids is 1. The van der Waals surface area contributed by atoms with Crippen LogP contribution in [0.2, 0.25) is 0 Å². The van der Waals surface area contributed by atoms with E-state index in [0.717, 1.165) is 17.9 Å². The number of aliphatic carboxylic acids is 1. The van der Waals surface area contributed by atoms with E-state index in [1.54, 1.807) is 0 Å². The molecule has 0 bridgehead atoms. The molecule has 2 heterocycles. The Kier molecular flexibility index (Phi) is 5.54. The normalized spacial score (nSPS) is 23.9. The summed E-state index contributed by atoms with van der Waals surface area (Å²) in [6, 6.07) is 0.447. The maximum Gasteiger partial charge on any atom is 0.329 e. The van der Waals surface area contributed by atoms with Crippen molar-refractivity contribution in [1.29, 1.82) is 0 Å². The van der Waals surface area contributed by atoms with Crippen LogP contribution in [-0.4, -0.2) is 77.3 Å². The van der Waals surface area contributed by atoms with E-state index >= 15 is 0 Å². The van der Waals surface area contributed by atoms with Gasteiger partial charge < -0.3 is 19.6 Å². The van der Waals surface area contributed by atoms with Crippen LogP contribution >= 0.6 is 11.8 Å². The lowest BCUT2D eigenvalue weighted by atomic mass is 10.1. The van der Waals surface area contributed by atoms with E-state index in [1.807, 2.05) is 28.6 Å². The van der Waals surface area contributed by atoms with Gasteiger partial charge in [-0.25, -0.2) is 9.59 Å². The summed E-state index contributed by atoms with van der Waals surface area (Å²) >= 11 is 1.90. The average Bonchev–Trinajstić information content (AvgIpc) is 2.98. The van der Waals surface area contributed by atoms with Crippen LogP contribution in [0, 0.1) is 0 Å². The zero-order valence-electron chi connectivity index (χ0n) is 11.8. The number of nitrogens with zero attached hydrogens (tertiary/aromatic N) is 2. The second-order valence-electron chi connectivity index (χ2n) is 5.30. The molecule has 2 aliphatic rings. The number of hydrogen-bond acceptors (Lipinski definition) is 4. The standard InChI is InChI=1S/C13H22N2O4S/c1-14(10-4-7-20-9-10)13(18)15-5-2-11(3-6-15)19-8-12(16)17/h10-11H,2-9H2,1H3,(H,16,17). The van der Waals surface area contributed by atoms with Crippen LogP contribution < -0.4 is 0 Å². The molecule has 2 aliphatic heterocycles. The Balaban J connectivity index is 1.75. The molecule has 0 aromatic carbocycles. The van der Waals surface area contributed by atoms with E-state index in [2.05, 4.69) is 0 Å². The van der Waals surface area contributed by atoms with Crippen molar-refractivity contribution in [2.45, 2.75) is 31.4 Å². The summed E-state index contributed by atoms with van der Waals surface area (Å²) in [4.78, 5) is 26.5. The molecule has 0 saturated carbocycles. The molecule has 0 radical (unpaired) electrons. The van der Waals surface area contributed by atoms with Gasteiger partial charge in [0.25, 0.3) is 0 Å². The average molecular weight is 302 g/mol. The third-order valence-electron chi connectivity index (χ3n) is 3.91. The van der Waals surface area contributed by atoms with Crippen molar-refractivity contribution >= 4 is 23.8 Å². The van der Waals surface area contributed by atoms with Gasteiger partial charge >= 0.3 is 12.0 Å². The highest BCUT2D eigenvalue weighted by molar-refractivity contribution is 7.99. The predicted octanol–water partition coefficient (Wildman–Crippen LogP) is 1.11. The van der Waals surface area contributed by atoms with Crippen molar-refractivity contribution in [2.24, 2.45) is 0 Å².